The molecule has 1 aromatic heterocycles. The number of halogens is 1. The molecule has 0 atom stereocenters. The Balaban J connectivity index is 1.58. The van der Waals surface area contributed by atoms with Gasteiger partial charge in [-0.3, -0.25) is 14.6 Å². The Morgan fingerprint density at radius 2 is 1.90 bits per heavy atom. The van der Waals surface area contributed by atoms with Crippen molar-refractivity contribution in [1.82, 2.24) is 10.3 Å². The van der Waals surface area contributed by atoms with Crippen molar-refractivity contribution in [2.45, 2.75) is 26.4 Å². The number of hydrogen-bond acceptors (Lipinski definition) is 4. The van der Waals surface area contributed by atoms with Gasteiger partial charge in [0.1, 0.15) is 12.4 Å². The lowest BCUT2D eigenvalue weighted by molar-refractivity contribution is -0.144. The molecule has 0 saturated heterocycles. The molecule has 0 saturated carbocycles. The van der Waals surface area contributed by atoms with Gasteiger partial charge in [-0.15, -0.1) is 0 Å². The molecule has 1 N–H and O–H groups in total. The van der Waals surface area contributed by atoms with Crippen molar-refractivity contribution >= 4 is 11.9 Å². The van der Waals surface area contributed by atoms with Crippen LogP contribution in [0.3, 0.4) is 0 Å². The van der Waals surface area contributed by atoms with Gasteiger partial charge in [-0.2, -0.15) is 0 Å². The Hall–Kier alpha value is -3.54. The third-order valence-electron chi connectivity index (χ3n) is 4.62. The zero-order valence-corrected chi connectivity index (χ0v) is 16.7. The minimum Gasteiger partial charge on any atom is -0.461 e. The van der Waals surface area contributed by atoms with E-state index in [4.69, 9.17) is 4.74 Å². The number of nitrogens with zero attached hydrogens (tertiary/aromatic N) is 1. The minimum absolute atomic E-state index is 0.0311. The fraction of sp³-hybridized carbons (Fsp3) is 0.208. The molecular weight excluding hydrogens is 383 g/mol. The highest BCUT2D eigenvalue weighted by Crippen LogP contribution is 2.25. The number of esters is 1. The largest absolute Gasteiger partial charge is 0.461 e. The van der Waals surface area contributed by atoms with Gasteiger partial charge >= 0.3 is 5.97 Å². The lowest BCUT2D eigenvalue weighted by Crippen LogP contribution is -2.26. The highest BCUT2D eigenvalue weighted by Gasteiger charge is 2.13. The Bertz CT molecular complexity index is 1020. The monoisotopic (exact) mass is 406 g/mol. The number of carbonyl (C=O) groups excluding carboxylic acids is 2. The molecule has 0 spiro atoms. The van der Waals surface area contributed by atoms with Crippen LogP contribution >= 0.6 is 0 Å². The SMILES string of the molecule is CCc1ccncc1-c1cc(F)cc(C(=O)NCCC(=O)OCc2ccccc2)c1. The van der Waals surface area contributed by atoms with Crippen molar-refractivity contribution in [2.24, 2.45) is 0 Å². The predicted octanol–water partition coefficient (Wildman–Crippen LogP) is 4.31. The van der Waals surface area contributed by atoms with Crippen LogP contribution < -0.4 is 5.32 Å². The molecule has 3 rings (SSSR count). The zero-order valence-electron chi connectivity index (χ0n) is 16.7. The number of ether oxygens (including phenoxy) is 1. The number of benzene rings is 2. The second-order valence-electron chi connectivity index (χ2n) is 6.77. The number of aromatic nitrogens is 1. The van der Waals surface area contributed by atoms with Crippen molar-refractivity contribution in [3.8, 4) is 11.1 Å². The van der Waals surface area contributed by atoms with Gasteiger partial charge in [0.2, 0.25) is 0 Å². The van der Waals surface area contributed by atoms with Gasteiger partial charge in [0.15, 0.2) is 0 Å². The van der Waals surface area contributed by atoms with E-state index in [1.165, 1.54) is 12.1 Å². The van der Waals surface area contributed by atoms with E-state index in [9.17, 15) is 14.0 Å². The number of hydrogen-bond donors (Lipinski definition) is 1. The average molecular weight is 406 g/mol. The van der Waals surface area contributed by atoms with Crippen molar-refractivity contribution in [3.63, 3.8) is 0 Å². The van der Waals surface area contributed by atoms with Crippen LogP contribution in [0, 0.1) is 5.82 Å². The molecule has 0 aliphatic carbocycles. The van der Waals surface area contributed by atoms with Crippen LogP contribution in [0.1, 0.15) is 34.8 Å². The van der Waals surface area contributed by atoms with Gasteiger partial charge in [0.05, 0.1) is 6.42 Å². The number of nitrogens with one attached hydrogen (secondary N) is 1. The summed E-state index contributed by atoms with van der Waals surface area (Å²) in [4.78, 5) is 28.4. The molecular formula is C24H23FN2O3. The number of pyridine rings is 1. The minimum atomic E-state index is -0.508. The molecule has 0 unspecified atom stereocenters. The average Bonchev–Trinajstić information content (AvgIpc) is 2.77. The first-order chi connectivity index (χ1) is 14.6. The summed E-state index contributed by atoms with van der Waals surface area (Å²) < 4.78 is 19.3. The zero-order chi connectivity index (χ0) is 21.3. The van der Waals surface area contributed by atoms with Crippen molar-refractivity contribution < 1.29 is 18.7 Å². The third kappa shape index (κ3) is 5.73. The van der Waals surface area contributed by atoms with Crippen molar-refractivity contribution in [1.29, 1.82) is 0 Å². The first-order valence-corrected chi connectivity index (χ1v) is 9.78. The first-order valence-electron chi connectivity index (χ1n) is 9.78. The maximum Gasteiger partial charge on any atom is 0.307 e. The summed E-state index contributed by atoms with van der Waals surface area (Å²) >= 11 is 0. The van der Waals surface area contributed by atoms with Crippen LogP contribution in [0.5, 0.6) is 0 Å². The third-order valence-corrected chi connectivity index (χ3v) is 4.62. The fourth-order valence-corrected chi connectivity index (χ4v) is 3.06. The second-order valence-corrected chi connectivity index (χ2v) is 6.77. The van der Waals surface area contributed by atoms with Gasteiger partial charge in [-0.25, -0.2) is 4.39 Å². The molecule has 2 aromatic carbocycles. The summed E-state index contributed by atoms with van der Waals surface area (Å²) in [7, 11) is 0. The highest BCUT2D eigenvalue weighted by molar-refractivity contribution is 5.95. The summed E-state index contributed by atoms with van der Waals surface area (Å²) in [5.41, 5.74) is 3.48. The van der Waals surface area contributed by atoms with Crippen molar-refractivity contribution in [3.05, 3.63) is 89.5 Å². The number of carbonyl (C=O) groups is 2. The smallest absolute Gasteiger partial charge is 0.307 e. The van der Waals surface area contributed by atoms with E-state index < -0.39 is 17.7 Å². The topological polar surface area (TPSA) is 68.3 Å². The molecule has 1 heterocycles. The molecule has 6 heteroatoms. The quantitative estimate of drug-likeness (QED) is 0.566. The van der Waals surface area contributed by atoms with Crippen molar-refractivity contribution in [2.75, 3.05) is 6.54 Å². The van der Waals surface area contributed by atoms with E-state index in [0.717, 1.165) is 23.1 Å². The molecule has 3 aromatic rings. The van der Waals surface area contributed by atoms with E-state index >= 15 is 0 Å². The van der Waals surface area contributed by atoms with E-state index in [-0.39, 0.29) is 25.1 Å². The van der Waals surface area contributed by atoms with Gasteiger partial charge in [0.25, 0.3) is 5.91 Å². The maximum atomic E-state index is 14.1. The Morgan fingerprint density at radius 1 is 1.10 bits per heavy atom. The van der Waals surface area contributed by atoms with E-state index in [1.807, 2.05) is 43.3 Å². The Morgan fingerprint density at radius 3 is 2.67 bits per heavy atom. The van der Waals surface area contributed by atoms with Gasteiger partial charge < -0.3 is 10.1 Å². The van der Waals surface area contributed by atoms with Gasteiger partial charge in [-0.1, -0.05) is 37.3 Å². The summed E-state index contributed by atoms with van der Waals surface area (Å²) in [5.74, 6) is -1.37. The van der Waals surface area contributed by atoms with Crippen LogP contribution in [0.4, 0.5) is 4.39 Å². The van der Waals surface area contributed by atoms with Crippen LogP contribution in [-0.4, -0.2) is 23.4 Å². The first kappa shape index (κ1) is 21.2. The Kier molecular flexibility index (Phi) is 7.27. The lowest BCUT2D eigenvalue weighted by Gasteiger charge is -2.10. The molecule has 0 bridgehead atoms. The Labute approximate surface area is 174 Å². The summed E-state index contributed by atoms with van der Waals surface area (Å²) in [6, 6.07) is 15.4. The summed E-state index contributed by atoms with van der Waals surface area (Å²) in [5, 5.41) is 2.64. The number of aryl methyl sites for hydroxylation is 1. The second kappa shape index (κ2) is 10.3. The van der Waals surface area contributed by atoms with Crippen LogP contribution in [0.15, 0.2) is 67.0 Å². The standard InChI is InChI=1S/C24H23FN2O3/c1-2-18-8-10-26-15-22(18)19-12-20(14-21(25)13-19)24(29)27-11-9-23(28)30-16-17-6-4-3-5-7-17/h3-8,10,12-15H,2,9,11,16H2,1H3,(H,27,29). The predicted molar refractivity (Wildman–Crippen MR) is 112 cm³/mol. The normalized spacial score (nSPS) is 10.5. The number of rotatable bonds is 8. The molecule has 5 nitrogen and oxygen atoms in total. The van der Waals surface area contributed by atoms with E-state index in [2.05, 4.69) is 10.3 Å². The van der Waals surface area contributed by atoms with E-state index in [0.29, 0.717) is 5.56 Å². The van der Waals surface area contributed by atoms with Crippen LogP contribution in [0.25, 0.3) is 11.1 Å². The summed E-state index contributed by atoms with van der Waals surface area (Å²) in [6.45, 7) is 2.29. The molecule has 1 amide bonds. The number of amides is 1. The lowest BCUT2D eigenvalue weighted by atomic mass is 9.98. The molecule has 30 heavy (non-hydrogen) atoms. The maximum absolute atomic E-state index is 14.1. The molecule has 0 aliphatic heterocycles. The fourth-order valence-electron chi connectivity index (χ4n) is 3.06. The van der Waals surface area contributed by atoms with Gasteiger partial charge in [0, 0.05) is 30.1 Å². The molecule has 0 aliphatic rings. The molecule has 0 fully saturated rings. The molecule has 0 radical (unpaired) electrons. The van der Waals surface area contributed by atoms with E-state index in [1.54, 1.807) is 18.5 Å². The highest BCUT2D eigenvalue weighted by atomic mass is 19.1. The molecule has 154 valence electrons. The van der Waals surface area contributed by atoms with Gasteiger partial charge in [-0.05, 0) is 47.4 Å². The van der Waals surface area contributed by atoms with Crippen LogP contribution in [0.2, 0.25) is 0 Å². The van der Waals surface area contributed by atoms with Crippen LogP contribution in [-0.2, 0) is 22.6 Å². The summed E-state index contributed by atoms with van der Waals surface area (Å²) in [6.07, 6.45) is 4.15.